The molecule has 15 N–H and O–H groups in total. The number of carbonyl (C=O) groups excluding carboxylic acids is 12. The average molecular weight is 1040 g/mol. The Morgan fingerprint density at radius 1 is 0.845 bits per heavy atom. The standard InChI is InChI=1S/C44H66N12O13S2/c1-3-24(2)37-43(68)52-28(13-14-33(45)59)39(64)53-30(20-34(46)60)40(65)54-31(22-71-70-18-15-36(62)50-29(41(66)55-37)19-25-9-11-26(58)12-10-25)44(69)56-17-6-8-32(56)42(67)51-27(7-4-5-16-48-23-57)38(63)49-21-35(47)61/h9-12,23-24,27-32,37,58H,3-8,13-22H2,1-2H3,(H2,45,59)(H2,46,60)(H2,47,61)(H,48,57)(H,49,63)(H,50,62)(H,51,67)(H,52,68)(H,53,64)(H,54,65)(H,55,66)/t24-,27-,28?,29-,30-,31-,32-,37-/m0/s1. The van der Waals surface area contributed by atoms with Crippen LogP contribution in [0.5, 0.6) is 5.75 Å². The number of phenols is 1. The van der Waals surface area contributed by atoms with Gasteiger partial charge in [-0.05, 0) is 62.1 Å². The van der Waals surface area contributed by atoms with Crippen LogP contribution in [0.2, 0.25) is 0 Å². The van der Waals surface area contributed by atoms with Crippen molar-refractivity contribution < 1.29 is 62.6 Å². The first kappa shape index (κ1) is 58.7. The number of primary amides is 3. The molecule has 1 aromatic carbocycles. The molecule has 2 saturated heterocycles. The Morgan fingerprint density at radius 2 is 1.52 bits per heavy atom. The number of carbonyl (C=O) groups is 12. The number of hydrogen-bond donors (Lipinski definition) is 12. The van der Waals surface area contributed by atoms with Gasteiger partial charge in [0.25, 0.3) is 0 Å². The smallest absolute Gasteiger partial charge is 0.246 e. The maximum atomic E-state index is 14.5. The molecule has 0 aromatic heterocycles. The van der Waals surface area contributed by atoms with E-state index in [0.717, 1.165) is 21.6 Å². The van der Waals surface area contributed by atoms with Crippen LogP contribution in [0.25, 0.3) is 0 Å². The highest BCUT2D eigenvalue weighted by atomic mass is 33.1. The van der Waals surface area contributed by atoms with E-state index in [4.69, 9.17) is 17.2 Å². The number of phenolic OH excluding ortho intramolecular Hbond substituents is 1. The summed E-state index contributed by atoms with van der Waals surface area (Å²) in [5.41, 5.74) is 16.7. The second-order valence-electron chi connectivity index (χ2n) is 17.1. The second-order valence-corrected chi connectivity index (χ2v) is 19.7. The van der Waals surface area contributed by atoms with Crippen LogP contribution in [-0.2, 0) is 64.0 Å². The van der Waals surface area contributed by atoms with Crippen LogP contribution >= 0.6 is 21.6 Å². The zero-order valence-corrected chi connectivity index (χ0v) is 41.3. The van der Waals surface area contributed by atoms with Crippen molar-refractivity contribution in [2.45, 2.75) is 127 Å². The first-order valence-corrected chi connectivity index (χ1v) is 25.7. The van der Waals surface area contributed by atoms with Gasteiger partial charge in [0.15, 0.2) is 0 Å². The van der Waals surface area contributed by atoms with Crippen molar-refractivity contribution in [3.63, 3.8) is 0 Å². The van der Waals surface area contributed by atoms with Gasteiger partial charge in [-0.25, -0.2) is 0 Å². The fourth-order valence-electron chi connectivity index (χ4n) is 7.53. The fraction of sp³-hybridized carbons (Fsp3) is 0.591. The van der Waals surface area contributed by atoms with E-state index in [9.17, 15) is 62.6 Å². The monoisotopic (exact) mass is 1030 g/mol. The number of hydrogen-bond acceptors (Lipinski definition) is 15. The predicted molar refractivity (Wildman–Crippen MR) is 259 cm³/mol. The largest absolute Gasteiger partial charge is 0.508 e. The molecule has 2 fully saturated rings. The van der Waals surface area contributed by atoms with Crippen LogP contribution in [0, 0.1) is 5.92 Å². The van der Waals surface area contributed by atoms with E-state index in [-0.39, 0.29) is 49.5 Å². The zero-order valence-electron chi connectivity index (χ0n) is 39.7. The van der Waals surface area contributed by atoms with E-state index in [1.165, 1.54) is 17.0 Å². The Morgan fingerprint density at radius 3 is 2.17 bits per heavy atom. The van der Waals surface area contributed by atoms with Gasteiger partial charge in [-0.1, -0.05) is 54.0 Å². The highest BCUT2D eigenvalue weighted by Gasteiger charge is 2.40. The van der Waals surface area contributed by atoms with Crippen molar-refractivity contribution in [2.24, 2.45) is 23.1 Å². The van der Waals surface area contributed by atoms with E-state index < -0.39 is 139 Å². The Balaban J connectivity index is 2.00. The minimum Gasteiger partial charge on any atom is -0.508 e. The van der Waals surface area contributed by atoms with E-state index in [1.807, 2.05) is 0 Å². The molecule has 3 rings (SSSR count). The summed E-state index contributed by atoms with van der Waals surface area (Å²) in [5.74, 6) is -9.86. The van der Waals surface area contributed by atoms with Crippen molar-refractivity contribution in [1.29, 1.82) is 0 Å². The summed E-state index contributed by atoms with van der Waals surface area (Å²) < 4.78 is 0. The van der Waals surface area contributed by atoms with Crippen LogP contribution in [0.3, 0.4) is 0 Å². The van der Waals surface area contributed by atoms with E-state index in [2.05, 4.69) is 42.5 Å². The molecule has 8 atom stereocenters. The minimum atomic E-state index is -1.75. The summed E-state index contributed by atoms with van der Waals surface area (Å²) >= 11 is 0. The lowest BCUT2D eigenvalue weighted by Gasteiger charge is -2.31. The normalized spacial score (nSPS) is 22.7. The Bertz CT molecular complexity index is 2080. The number of nitrogens with two attached hydrogens (primary N) is 3. The Labute approximate surface area is 418 Å². The third-order valence-electron chi connectivity index (χ3n) is 11.6. The molecule has 1 unspecified atom stereocenters. The van der Waals surface area contributed by atoms with Crippen LogP contribution in [-0.4, -0.2) is 155 Å². The van der Waals surface area contributed by atoms with Crippen molar-refractivity contribution >= 4 is 93.0 Å². The van der Waals surface area contributed by atoms with E-state index in [1.54, 1.807) is 26.0 Å². The topological polar surface area (TPSA) is 403 Å². The van der Waals surface area contributed by atoms with Gasteiger partial charge in [-0.15, -0.1) is 0 Å². The number of rotatable bonds is 21. The quantitative estimate of drug-likeness (QED) is 0.0321. The van der Waals surface area contributed by atoms with Gasteiger partial charge >= 0.3 is 0 Å². The molecule has 2 aliphatic heterocycles. The van der Waals surface area contributed by atoms with Crippen LogP contribution < -0.4 is 59.7 Å². The molecule has 0 bridgehead atoms. The third kappa shape index (κ3) is 20.3. The molecule has 2 aliphatic rings. The van der Waals surface area contributed by atoms with Crippen LogP contribution in [0.4, 0.5) is 0 Å². The average Bonchev–Trinajstić information content (AvgIpc) is 3.82. The molecular formula is C44H66N12O13S2. The lowest BCUT2D eigenvalue weighted by atomic mass is 9.96. The van der Waals surface area contributed by atoms with Crippen molar-refractivity contribution in [2.75, 3.05) is 31.1 Å². The summed E-state index contributed by atoms with van der Waals surface area (Å²) in [6.45, 7) is 3.24. The SMILES string of the molecule is CC[C@H](C)[C@@H]1NC(=O)[C@H](Cc2ccc(O)cc2)NC(=O)CCSSC[C@@H](C(=O)N2CCC[C@H]2C(=O)N[C@@H](CCCCNC=O)C(=O)NCC(N)=O)NC(=O)[C@H](CC(N)=O)NC(=O)C(CCC(N)=O)NC1=O. The molecule has 0 spiro atoms. The summed E-state index contributed by atoms with van der Waals surface area (Å²) in [5, 5.41) is 30.3. The number of aromatic hydroxyl groups is 1. The molecule has 392 valence electrons. The molecule has 27 heteroatoms. The van der Waals surface area contributed by atoms with Crippen LogP contribution in [0.1, 0.15) is 83.6 Å². The highest BCUT2D eigenvalue weighted by molar-refractivity contribution is 8.76. The Kier molecular flexibility index (Phi) is 24.9. The van der Waals surface area contributed by atoms with Crippen molar-refractivity contribution in [3.05, 3.63) is 29.8 Å². The number of amides is 12. The number of likely N-dealkylation sites (tertiary alicyclic amines) is 1. The number of unbranched alkanes of at least 4 members (excludes halogenated alkanes) is 1. The van der Waals surface area contributed by atoms with Gasteiger partial charge in [-0.2, -0.15) is 0 Å². The highest BCUT2D eigenvalue weighted by Crippen LogP contribution is 2.26. The second kappa shape index (κ2) is 30.2. The predicted octanol–water partition coefficient (Wildman–Crippen LogP) is -3.68. The third-order valence-corrected chi connectivity index (χ3v) is 14.0. The summed E-state index contributed by atoms with van der Waals surface area (Å²) in [6.07, 6.45) is 0.441. The molecule has 12 amide bonds. The van der Waals surface area contributed by atoms with Crippen molar-refractivity contribution in [1.82, 2.24) is 47.4 Å². The van der Waals surface area contributed by atoms with Crippen molar-refractivity contribution in [3.8, 4) is 5.75 Å². The van der Waals surface area contributed by atoms with Gasteiger partial charge in [-0.3, -0.25) is 57.5 Å². The number of nitrogens with one attached hydrogen (secondary N) is 8. The molecule has 2 heterocycles. The van der Waals surface area contributed by atoms with Gasteiger partial charge in [0.2, 0.25) is 71.4 Å². The Hall–Kier alpha value is -6.64. The van der Waals surface area contributed by atoms with E-state index in [0.29, 0.717) is 44.2 Å². The summed E-state index contributed by atoms with van der Waals surface area (Å²) in [4.78, 5) is 159. The number of nitrogens with zero attached hydrogens (tertiary/aromatic N) is 1. The lowest BCUT2D eigenvalue weighted by Crippen LogP contribution is -2.61. The van der Waals surface area contributed by atoms with Gasteiger partial charge in [0, 0.05) is 43.9 Å². The molecule has 1 aromatic rings. The first-order chi connectivity index (χ1) is 33.7. The summed E-state index contributed by atoms with van der Waals surface area (Å²) in [7, 11) is 2.20. The molecule has 71 heavy (non-hydrogen) atoms. The minimum absolute atomic E-state index is 0.0331. The molecule has 0 saturated carbocycles. The van der Waals surface area contributed by atoms with Gasteiger partial charge in [0.1, 0.15) is 48.0 Å². The van der Waals surface area contributed by atoms with Gasteiger partial charge < -0.3 is 69.7 Å². The maximum Gasteiger partial charge on any atom is 0.246 e. The summed E-state index contributed by atoms with van der Waals surface area (Å²) in [6, 6.07) is -3.70. The maximum absolute atomic E-state index is 14.5. The molecule has 0 aliphatic carbocycles. The van der Waals surface area contributed by atoms with Crippen LogP contribution in [0.15, 0.2) is 24.3 Å². The molecule has 25 nitrogen and oxygen atoms in total. The zero-order chi connectivity index (χ0) is 52.6. The molecular weight excluding hydrogens is 969 g/mol. The fourth-order valence-corrected chi connectivity index (χ4v) is 9.67. The molecule has 0 radical (unpaired) electrons. The van der Waals surface area contributed by atoms with E-state index >= 15 is 0 Å². The van der Waals surface area contributed by atoms with Gasteiger partial charge in [0.05, 0.1) is 13.0 Å². The first-order valence-electron chi connectivity index (χ1n) is 23.2. The number of benzene rings is 1. The lowest BCUT2D eigenvalue weighted by molar-refractivity contribution is -0.142.